The van der Waals surface area contributed by atoms with E-state index < -0.39 is 40.3 Å². The highest BCUT2D eigenvalue weighted by molar-refractivity contribution is 6.22. The number of aliphatic hydroxyl groups excluding tert-OH is 2. The smallest absolute Gasteiger partial charge is 0.255 e. The maximum absolute atomic E-state index is 13.2. The second-order valence-electron chi connectivity index (χ2n) is 7.52. The van der Waals surface area contributed by atoms with Gasteiger partial charge in [-0.25, -0.2) is 0 Å². The van der Waals surface area contributed by atoms with Crippen LogP contribution in [0.5, 0.6) is 0 Å². The van der Waals surface area contributed by atoms with Crippen LogP contribution in [0.2, 0.25) is 0 Å². The Hall–Kier alpha value is -2.93. The van der Waals surface area contributed by atoms with Gasteiger partial charge in [-0.1, -0.05) is 18.2 Å². The predicted octanol–water partition coefficient (Wildman–Crippen LogP) is 1.03. The normalized spacial score (nSPS) is 30.0. The van der Waals surface area contributed by atoms with Crippen molar-refractivity contribution in [3.63, 3.8) is 0 Å². The molecular formula is C20H19NO6. The average molecular weight is 369 g/mol. The number of aliphatic hydroxyl groups is 3. The van der Waals surface area contributed by atoms with E-state index in [0.29, 0.717) is 12.0 Å². The molecule has 0 saturated heterocycles. The summed E-state index contributed by atoms with van der Waals surface area (Å²) in [5.74, 6) is -5.24. The van der Waals surface area contributed by atoms with Crippen molar-refractivity contribution in [2.24, 2.45) is 17.6 Å². The summed E-state index contributed by atoms with van der Waals surface area (Å²) in [7, 11) is 0. The van der Waals surface area contributed by atoms with Gasteiger partial charge in [-0.05, 0) is 36.8 Å². The molecule has 4 rings (SSSR count). The number of primary amides is 1. The SMILES string of the molecule is Cc1cccc2c1C(O)=C1C(=O)[C@]3(O)C(O)=C(C(N)=O)C(=O)CC3CC1C2. The van der Waals surface area contributed by atoms with Crippen molar-refractivity contribution in [2.75, 3.05) is 0 Å². The maximum atomic E-state index is 13.2. The molecule has 0 bridgehead atoms. The fourth-order valence-corrected chi connectivity index (χ4v) is 4.77. The van der Waals surface area contributed by atoms with Crippen molar-refractivity contribution in [1.82, 2.24) is 0 Å². The number of aryl methyl sites for hydroxylation is 1. The summed E-state index contributed by atoms with van der Waals surface area (Å²) in [4.78, 5) is 37.0. The molecule has 0 radical (unpaired) electrons. The average Bonchev–Trinajstić information content (AvgIpc) is 2.57. The summed E-state index contributed by atoms with van der Waals surface area (Å²) >= 11 is 0. The molecule has 0 spiro atoms. The van der Waals surface area contributed by atoms with Crippen molar-refractivity contribution in [1.29, 1.82) is 0 Å². The van der Waals surface area contributed by atoms with Crippen molar-refractivity contribution >= 4 is 23.2 Å². The van der Waals surface area contributed by atoms with Crippen LogP contribution in [-0.2, 0) is 20.8 Å². The Morgan fingerprint density at radius 1 is 1.22 bits per heavy atom. The molecule has 27 heavy (non-hydrogen) atoms. The van der Waals surface area contributed by atoms with E-state index in [1.54, 1.807) is 0 Å². The molecule has 1 fully saturated rings. The number of amides is 1. The van der Waals surface area contributed by atoms with Gasteiger partial charge in [-0.3, -0.25) is 14.4 Å². The lowest BCUT2D eigenvalue weighted by atomic mass is 9.59. The Morgan fingerprint density at radius 2 is 1.93 bits per heavy atom. The number of Topliss-reactive ketones (excluding diaryl/α,β-unsaturated/α-hetero) is 2. The van der Waals surface area contributed by atoms with E-state index in [4.69, 9.17) is 5.73 Å². The first-order valence-corrected chi connectivity index (χ1v) is 8.73. The van der Waals surface area contributed by atoms with Crippen LogP contribution in [0.4, 0.5) is 0 Å². The molecule has 1 saturated carbocycles. The molecule has 0 heterocycles. The second kappa shape index (κ2) is 5.53. The summed E-state index contributed by atoms with van der Waals surface area (Å²) in [6.45, 7) is 1.81. The standard InChI is InChI=1S/C20H19NO6/c1-8-3-2-4-9-5-10-6-11-7-12(22)15(19(21)26)18(25)20(11,27)17(24)14(10)16(23)13(8)9/h2-4,10-11,23,25,27H,5-7H2,1H3,(H2,21,26)/t10?,11?,20-/m0/s1. The lowest BCUT2D eigenvalue weighted by Crippen LogP contribution is -2.58. The topological polar surface area (TPSA) is 138 Å². The van der Waals surface area contributed by atoms with Gasteiger partial charge < -0.3 is 21.1 Å². The molecule has 3 aliphatic carbocycles. The zero-order valence-corrected chi connectivity index (χ0v) is 14.7. The van der Waals surface area contributed by atoms with Crippen LogP contribution in [0.3, 0.4) is 0 Å². The third-order valence-electron chi connectivity index (χ3n) is 6.03. The summed E-state index contributed by atoms with van der Waals surface area (Å²) in [6.07, 6.45) is 0.433. The van der Waals surface area contributed by atoms with Crippen LogP contribution in [0.15, 0.2) is 35.1 Å². The van der Waals surface area contributed by atoms with Crippen molar-refractivity contribution in [3.8, 4) is 0 Å². The Labute approximate surface area is 154 Å². The van der Waals surface area contributed by atoms with E-state index in [2.05, 4.69) is 0 Å². The molecule has 7 heteroatoms. The van der Waals surface area contributed by atoms with Crippen LogP contribution < -0.4 is 5.73 Å². The summed E-state index contributed by atoms with van der Waals surface area (Å²) in [5.41, 5.74) is 4.23. The van der Waals surface area contributed by atoms with E-state index in [1.807, 2.05) is 25.1 Å². The molecule has 2 unspecified atom stereocenters. The highest BCUT2D eigenvalue weighted by Crippen LogP contribution is 2.51. The number of carbonyl (C=O) groups excluding carboxylic acids is 3. The quantitative estimate of drug-likeness (QED) is 0.546. The van der Waals surface area contributed by atoms with Crippen LogP contribution in [0.1, 0.15) is 29.5 Å². The van der Waals surface area contributed by atoms with Gasteiger partial charge in [0.1, 0.15) is 17.1 Å². The monoisotopic (exact) mass is 369 g/mol. The number of hydrogen-bond donors (Lipinski definition) is 4. The third kappa shape index (κ3) is 2.15. The van der Waals surface area contributed by atoms with E-state index in [0.717, 1.165) is 11.1 Å². The van der Waals surface area contributed by atoms with Gasteiger partial charge >= 0.3 is 0 Å². The van der Waals surface area contributed by atoms with Crippen molar-refractivity contribution in [2.45, 2.75) is 31.8 Å². The number of carbonyl (C=O) groups is 3. The molecule has 3 atom stereocenters. The minimum atomic E-state index is -2.43. The van der Waals surface area contributed by atoms with E-state index in [1.165, 1.54) is 0 Å². The van der Waals surface area contributed by atoms with E-state index in [-0.39, 0.29) is 30.1 Å². The molecule has 0 aliphatic heterocycles. The highest BCUT2D eigenvalue weighted by atomic mass is 16.3. The number of benzene rings is 1. The molecular weight excluding hydrogens is 350 g/mol. The first-order chi connectivity index (χ1) is 12.7. The molecule has 1 aromatic rings. The predicted molar refractivity (Wildman–Crippen MR) is 94.5 cm³/mol. The highest BCUT2D eigenvalue weighted by Gasteiger charge is 2.60. The van der Waals surface area contributed by atoms with Gasteiger partial charge in [0.2, 0.25) is 5.78 Å². The van der Waals surface area contributed by atoms with Crippen LogP contribution in [0, 0.1) is 18.8 Å². The summed E-state index contributed by atoms with van der Waals surface area (Å²) in [5, 5.41) is 32.3. The van der Waals surface area contributed by atoms with Gasteiger partial charge in [-0.15, -0.1) is 0 Å². The van der Waals surface area contributed by atoms with Crippen molar-refractivity contribution in [3.05, 3.63) is 51.8 Å². The Morgan fingerprint density at radius 3 is 2.59 bits per heavy atom. The summed E-state index contributed by atoms with van der Waals surface area (Å²) < 4.78 is 0. The fraction of sp³-hybridized carbons (Fsp3) is 0.350. The minimum Gasteiger partial charge on any atom is -0.508 e. The van der Waals surface area contributed by atoms with Gasteiger partial charge in [0.15, 0.2) is 11.4 Å². The number of rotatable bonds is 1. The summed E-state index contributed by atoms with van der Waals surface area (Å²) in [6, 6.07) is 5.54. The van der Waals surface area contributed by atoms with Crippen LogP contribution >= 0.6 is 0 Å². The van der Waals surface area contributed by atoms with Crippen molar-refractivity contribution < 1.29 is 29.7 Å². The van der Waals surface area contributed by atoms with Gasteiger partial charge in [0, 0.05) is 23.5 Å². The number of hydrogen-bond acceptors (Lipinski definition) is 6. The maximum Gasteiger partial charge on any atom is 0.255 e. The van der Waals surface area contributed by atoms with Crippen LogP contribution in [0.25, 0.3) is 5.76 Å². The lowest BCUT2D eigenvalue weighted by Gasteiger charge is -2.46. The largest absolute Gasteiger partial charge is 0.508 e. The van der Waals surface area contributed by atoms with Crippen LogP contribution in [-0.4, -0.2) is 38.4 Å². The zero-order valence-electron chi connectivity index (χ0n) is 14.7. The first kappa shape index (κ1) is 17.5. The van der Waals surface area contributed by atoms with Gasteiger partial charge in [-0.2, -0.15) is 0 Å². The van der Waals surface area contributed by atoms with Gasteiger partial charge in [0.05, 0.1) is 0 Å². The Bertz CT molecular complexity index is 988. The molecule has 3 aliphatic rings. The van der Waals surface area contributed by atoms with E-state index >= 15 is 0 Å². The molecule has 5 N–H and O–H groups in total. The third-order valence-corrected chi connectivity index (χ3v) is 6.03. The molecule has 1 aromatic carbocycles. The lowest BCUT2D eigenvalue weighted by molar-refractivity contribution is -0.147. The first-order valence-electron chi connectivity index (χ1n) is 8.73. The van der Waals surface area contributed by atoms with Gasteiger partial charge in [0.25, 0.3) is 5.91 Å². The zero-order chi connectivity index (χ0) is 19.7. The molecule has 1 amide bonds. The second-order valence-corrected chi connectivity index (χ2v) is 7.52. The number of ketones is 2. The molecule has 140 valence electrons. The molecule has 7 nitrogen and oxygen atoms in total. The molecule has 0 aromatic heterocycles. The Kier molecular flexibility index (Phi) is 3.58. The van der Waals surface area contributed by atoms with E-state index in [9.17, 15) is 29.7 Å². The number of nitrogens with two attached hydrogens (primary N) is 1. The fourth-order valence-electron chi connectivity index (χ4n) is 4.77. The Balaban J connectivity index is 1.93. The number of fused-ring (bicyclic) bond motifs is 3. The minimum absolute atomic E-state index is 0.0280.